The van der Waals surface area contributed by atoms with Crippen LogP contribution in [0.3, 0.4) is 0 Å². The molecular formula is C12H20N2O7. The van der Waals surface area contributed by atoms with Gasteiger partial charge in [-0.1, -0.05) is 0 Å². The molecule has 0 aromatic rings. The summed E-state index contributed by atoms with van der Waals surface area (Å²) >= 11 is 0. The van der Waals surface area contributed by atoms with Crippen LogP contribution in [0.25, 0.3) is 0 Å². The smallest absolute Gasteiger partial charge is 0.329 e. The lowest BCUT2D eigenvalue weighted by Crippen LogP contribution is -2.49. The molecule has 0 radical (unpaired) electrons. The van der Waals surface area contributed by atoms with E-state index in [1.807, 2.05) is 5.32 Å². The number of nitrogens with one attached hydrogen (secondary N) is 1. The number of carboxylic acid groups (broad SMARTS) is 1. The van der Waals surface area contributed by atoms with Gasteiger partial charge in [0.15, 0.2) is 0 Å². The predicted octanol–water partition coefficient (Wildman–Crippen LogP) is -0.403. The predicted molar refractivity (Wildman–Crippen MR) is 70.5 cm³/mol. The zero-order valence-electron chi connectivity index (χ0n) is 12.2. The topological polar surface area (TPSA) is 122 Å². The van der Waals surface area contributed by atoms with E-state index in [-0.39, 0.29) is 19.2 Å². The normalized spacial score (nSPS) is 10.1. The molecule has 0 aromatic carbocycles. The molecule has 120 valence electrons. The minimum Gasteiger partial charge on any atom is -0.480 e. The van der Waals surface area contributed by atoms with Gasteiger partial charge < -0.3 is 19.5 Å². The molecule has 0 unspecified atom stereocenters. The van der Waals surface area contributed by atoms with Crippen LogP contribution in [0.1, 0.15) is 20.8 Å². The maximum absolute atomic E-state index is 11.8. The molecule has 0 spiro atoms. The van der Waals surface area contributed by atoms with E-state index < -0.39 is 37.1 Å². The van der Waals surface area contributed by atoms with Crippen LogP contribution < -0.4 is 5.32 Å². The van der Waals surface area contributed by atoms with Crippen LogP contribution in [0.15, 0.2) is 0 Å². The highest BCUT2D eigenvalue weighted by Crippen LogP contribution is 1.99. The summed E-state index contributed by atoms with van der Waals surface area (Å²) < 4.78 is 9.28. The highest BCUT2D eigenvalue weighted by atomic mass is 16.5. The van der Waals surface area contributed by atoms with E-state index in [1.54, 1.807) is 20.8 Å². The van der Waals surface area contributed by atoms with E-state index in [0.29, 0.717) is 0 Å². The number of aliphatic carboxylic acids is 1. The van der Waals surface area contributed by atoms with Crippen LogP contribution in [0.4, 0.5) is 4.79 Å². The minimum atomic E-state index is -1.22. The zero-order valence-corrected chi connectivity index (χ0v) is 12.2. The SMILES string of the molecule is CCOC(=O)CN(C(=O)NC(=O)COCC(=O)O)C(C)C. The number of amides is 3. The Bertz CT molecular complexity index is 395. The van der Waals surface area contributed by atoms with Gasteiger partial charge in [0.05, 0.1) is 6.61 Å². The highest BCUT2D eigenvalue weighted by molar-refractivity contribution is 5.96. The molecule has 2 N–H and O–H groups in total. The number of carbonyl (C=O) groups excluding carboxylic acids is 3. The van der Waals surface area contributed by atoms with E-state index in [9.17, 15) is 19.2 Å². The Morgan fingerprint density at radius 3 is 2.29 bits per heavy atom. The number of hydrogen-bond acceptors (Lipinski definition) is 6. The molecule has 0 aliphatic rings. The van der Waals surface area contributed by atoms with Crippen LogP contribution in [0.2, 0.25) is 0 Å². The largest absolute Gasteiger partial charge is 0.480 e. The van der Waals surface area contributed by atoms with Crippen LogP contribution in [0, 0.1) is 0 Å². The Balaban J connectivity index is 4.38. The number of hydrogen-bond donors (Lipinski definition) is 2. The first-order valence-corrected chi connectivity index (χ1v) is 6.33. The molecule has 3 amide bonds. The van der Waals surface area contributed by atoms with Gasteiger partial charge in [-0.25, -0.2) is 9.59 Å². The molecule has 0 rings (SSSR count). The Hall–Kier alpha value is -2.16. The molecule has 0 aliphatic heterocycles. The van der Waals surface area contributed by atoms with Crippen LogP contribution in [-0.2, 0) is 23.9 Å². The number of rotatable bonds is 8. The summed E-state index contributed by atoms with van der Waals surface area (Å²) in [5.74, 6) is -2.60. The van der Waals surface area contributed by atoms with Gasteiger partial charge in [-0.05, 0) is 20.8 Å². The summed E-state index contributed by atoms with van der Waals surface area (Å²) in [5, 5.41) is 10.3. The molecule has 21 heavy (non-hydrogen) atoms. The lowest BCUT2D eigenvalue weighted by molar-refractivity contribution is -0.145. The van der Waals surface area contributed by atoms with Gasteiger partial charge in [0.1, 0.15) is 19.8 Å². The van der Waals surface area contributed by atoms with Crippen molar-refractivity contribution in [1.29, 1.82) is 0 Å². The summed E-state index contributed by atoms with van der Waals surface area (Å²) in [6.45, 7) is 3.67. The van der Waals surface area contributed by atoms with Crippen molar-refractivity contribution in [3.05, 3.63) is 0 Å². The van der Waals surface area contributed by atoms with Gasteiger partial charge >= 0.3 is 18.0 Å². The highest BCUT2D eigenvalue weighted by Gasteiger charge is 2.22. The zero-order chi connectivity index (χ0) is 16.4. The number of nitrogens with zero attached hydrogens (tertiary/aromatic N) is 1. The average molecular weight is 304 g/mol. The number of carbonyl (C=O) groups is 4. The summed E-state index contributed by atoms with van der Waals surface area (Å²) in [6, 6.07) is -1.11. The average Bonchev–Trinajstić information content (AvgIpc) is 2.35. The van der Waals surface area contributed by atoms with E-state index in [1.165, 1.54) is 0 Å². The Morgan fingerprint density at radius 2 is 1.81 bits per heavy atom. The van der Waals surface area contributed by atoms with Crippen molar-refractivity contribution in [2.24, 2.45) is 0 Å². The Labute approximate surface area is 122 Å². The standard InChI is InChI=1S/C12H20N2O7/c1-4-21-11(18)5-14(8(2)3)12(19)13-9(15)6-20-7-10(16)17/h8H,4-7H2,1-3H3,(H,16,17)(H,13,15,19). The molecule has 0 aliphatic carbocycles. The first-order chi connectivity index (χ1) is 9.77. The quantitative estimate of drug-likeness (QED) is 0.585. The molecule has 0 atom stereocenters. The molecule has 9 heteroatoms. The van der Waals surface area contributed by atoms with Gasteiger partial charge in [0.2, 0.25) is 0 Å². The molecule has 0 aromatic heterocycles. The lowest BCUT2D eigenvalue weighted by Gasteiger charge is -2.25. The van der Waals surface area contributed by atoms with Gasteiger partial charge in [-0.15, -0.1) is 0 Å². The minimum absolute atomic E-state index is 0.189. The first-order valence-electron chi connectivity index (χ1n) is 6.33. The van der Waals surface area contributed by atoms with E-state index in [0.717, 1.165) is 4.90 Å². The third kappa shape index (κ3) is 8.58. The second-order valence-corrected chi connectivity index (χ2v) is 4.27. The number of imide groups is 1. The molecule has 9 nitrogen and oxygen atoms in total. The van der Waals surface area contributed by atoms with Crippen LogP contribution in [0.5, 0.6) is 0 Å². The molecule has 0 fully saturated rings. The van der Waals surface area contributed by atoms with Crippen LogP contribution >= 0.6 is 0 Å². The lowest BCUT2D eigenvalue weighted by atomic mass is 10.3. The number of ether oxygens (including phenoxy) is 2. The van der Waals surface area contributed by atoms with Crippen molar-refractivity contribution in [3.63, 3.8) is 0 Å². The van der Waals surface area contributed by atoms with Gasteiger partial charge in [0.25, 0.3) is 5.91 Å². The van der Waals surface area contributed by atoms with Crippen molar-refractivity contribution in [2.75, 3.05) is 26.4 Å². The molecular weight excluding hydrogens is 284 g/mol. The van der Waals surface area contributed by atoms with Gasteiger partial charge in [0, 0.05) is 6.04 Å². The summed E-state index contributed by atoms with van der Waals surface area (Å²) in [6.07, 6.45) is 0. The van der Waals surface area contributed by atoms with Gasteiger partial charge in [-0.2, -0.15) is 0 Å². The second kappa shape index (κ2) is 9.70. The number of esters is 1. The summed E-state index contributed by atoms with van der Waals surface area (Å²) in [7, 11) is 0. The van der Waals surface area contributed by atoms with Crippen molar-refractivity contribution < 1.29 is 33.8 Å². The maximum atomic E-state index is 11.8. The van der Waals surface area contributed by atoms with Crippen molar-refractivity contribution in [2.45, 2.75) is 26.8 Å². The fourth-order valence-electron chi connectivity index (χ4n) is 1.29. The number of urea groups is 1. The van der Waals surface area contributed by atoms with Crippen molar-refractivity contribution in [1.82, 2.24) is 10.2 Å². The molecule has 0 saturated carbocycles. The fourth-order valence-corrected chi connectivity index (χ4v) is 1.29. The Kier molecular flexibility index (Phi) is 8.70. The van der Waals surface area contributed by atoms with Gasteiger partial charge in [-0.3, -0.25) is 14.9 Å². The maximum Gasteiger partial charge on any atom is 0.329 e. The molecule has 0 heterocycles. The fraction of sp³-hybridized carbons (Fsp3) is 0.667. The number of carboxylic acids is 1. The van der Waals surface area contributed by atoms with E-state index in [4.69, 9.17) is 9.84 Å². The summed E-state index contributed by atoms with van der Waals surface area (Å²) in [5.41, 5.74) is 0. The monoisotopic (exact) mass is 304 g/mol. The van der Waals surface area contributed by atoms with Crippen molar-refractivity contribution >= 4 is 23.9 Å². The third-order valence-electron chi connectivity index (χ3n) is 2.19. The molecule has 0 bridgehead atoms. The van der Waals surface area contributed by atoms with Crippen LogP contribution in [-0.4, -0.2) is 66.3 Å². The first kappa shape index (κ1) is 18.8. The second-order valence-electron chi connectivity index (χ2n) is 4.27. The van der Waals surface area contributed by atoms with E-state index >= 15 is 0 Å². The molecule has 0 saturated heterocycles. The summed E-state index contributed by atoms with van der Waals surface area (Å²) in [4.78, 5) is 45.9. The third-order valence-corrected chi connectivity index (χ3v) is 2.19. The Morgan fingerprint density at radius 1 is 1.19 bits per heavy atom. The van der Waals surface area contributed by atoms with Crippen molar-refractivity contribution in [3.8, 4) is 0 Å². The van der Waals surface area contributed by atoms with E-state index in [2.05, 4.69) is 4.74 Å².